The summed E-state index contributed by atoms with van der Waals surface area (Å²) in [5, 5.41) is 10.9. The van der Waals surface area contributed by atoms with Crippen LogP contribution >= 0.6 is 15.9 Å². The predicted molar refractivity (Wildman–Crippen MR) is 105 cm³/mol. The monoisotopic (exact) mass is 432 g/mol. The number of aliphatic hydroxyl groups is 1. The van der Waals surface area contributed by atoms with Gasteiger partial charge in [-0.2, -0.15) is 0 Å². The van der Waals surface area contributed by atoms with Crippen molar-refractivity contribution in [1.82, 2.24) is 9.29 Å². The number of hydrogen-bond donors (Lipinski definition) is 2. The lowest BCUT2D eigenvalue weighted by Crippen LogP contribution is -2.40. The standard InChI is InChI=1S/C18H26BrFN2O2S/c1-11(21-25(24)17(2,3)4)13-9-22(10-18(5,6)23)16-8-14(19)15(20)7-12(13)16/h7-9,11,21,23H,10H2,1-6H3/t11-,25?/m1/s1. The molecule has 0 spiro atoms. The maximum Gasteiger partial charge on any atom is 0.138 e. The number of fused-ring (bicyclic) bond motifs is 1. The highest BCUT2D eigenvalue weighted by atomic mass is 79.9. The molecule has 0 saturated heterocycles. The maximum absolute atomic E-state index is 14.1. The molecule has 140 valence electrons. The number of nitrogens with zero attached hydrogens (tertiary/aromatic N) is 1. The summed E-state index contributed by atoms with van der Waals surface area (Å²) < 4.78 is 31.5. The van der Waals surface area contributed by atoms with Crippen molar-refractivity contribution in [2.45, 2.75) is 64.5 Å². The van der Waals surface area contributed by atoms with Crippen molar-refractivity contribution in [1.29, 1.82) is 0 Å². The normalized spacial score (nSPS) is 15.6. The van der Waals surface area contributed by atoms with Crippen LogP contribution in [0.25, 0.3) is 10.9 Å². The average Bonchev–Trinajstić information content (AvgIpc) is 2.74. The van der Waals surface area contributed by atoms with Gasteiger partial charge in [-0.3, -0.25) is 0 Å². The van der Waals surface area contributed by atoms with Crippen LogP contribution in [0.3, 0.4) is 0 Å². The molecule has 1 unspecified atom stereocenters. The van der Waals surface area contributed by atoms with E-state index in [4.69, 9.17) is 0 Å². The first-order valence-electron chi connectivity index (χ1n) is 8.18. The van der Waals surface area contributed by atoms with Gasteiger partial charge in [0.1, 0.15) is 10.6 Å². The minimum absolute atomic E-state index is 0.230. The average molecular weight is 433 g/mol. The van der Waals surface area contributed by atoms with Crippen molar-refractivity contribution < 1.29 is 14.0 Å². The number of halogens is 2. The Balaban J connectivity index is 2.50. The van der Waals surface area contributed by atoms with Crippen LogP contribution in [0.1, 0.15) is 53.1 Å². The molecule has 0 aliphatic heterocycles. The second-order valence-electron chi connectivity index (χ2n) is 8.03. The van der Waals surface area contributed by atoms with Gasteiger partial charge in [-0.15, -0.1) is 4.72 Å². The molecular weight excluding hydrogens is 407 g/mol. The van der Waals surface area contributed by atoms with Gasteiger partial charge in [0.2, 0.25) is 0 Å². The molecule has 0 radical (unpaired) electrons. The molecule has 1 aromatic carbocycles. The Bertz CT molecular complexity index is 765. The fourth-order valence-corrected chi connectivity index (χ4v) is 3.74. The van der Waals surface area contributed by atoms with E-state index < -0.39 is 21.7 Å². The number of aromatic nitrogens is 1. The topological polar surface area (TPSA) is 60.2 Å². The summed E-state index contributed by atoms with van der Waals surface area (Å²) in [6.45, 7) is 11.4. The minimum atomic E-state index is -1.24. The van der Waals surface area contributed by atoms with Crippen LogP contribution in [0.15, 0.2) is 22.8 Å². The van der Waals surface area contributed by atoms with Crippen LogP contribution in [0.4, 0.5) is 4.39 Å². The molecule has 2 N–H and O–H groups in total. The molecule has 0 saturated carbocycles. The molecule has 0 fully saturated rings. The fourth-order valence-electron chi connectivity index (χ4n) is 2.61. The van der Waals surface area contributed by atoms with Crippen molar-refractivity contribution in [2.75, 3.05) is 0 Å². The number of benzene rings is 1. The van der Waals surface area contributed by atoms with Gasteiger partial charge >= 0.3 is 0 Å². The quantitative estimate of drug-likeness (QED) is 0.686. The van der Waals surface area contributed by atoms with E-state index in [0.29, 0.717) is 11.0 Å². The van der Waals surface area contributed by atoms with Gasteiger partial charge in [0.15, 0.2) is 0 Å². The van der Waals surface area contributed by atoms with Gasteiger partial charge in [-0.1, -0.05) is 0 Å². The summed E-state index contributed by atoms with van der Waals surface area (Å²) in [5.74, 6) is -0.348. The molecule has 7 heteroatoms. The molecular formula is C18H26BrFN2O2S. The van der Waals surface area contributed by atoms with Crippen LogP contribution in [0, 0.1) is 5.82 Å². The van der Waals surface area contributed by atoms with E-state index >= 15 is 0 Å². The summed E-state index contributed by atoms with van der Waals surface area (Å²) in [5.41, 5.74) is 0.762. The van der Waals surface area contributed by atoms with Crippen LogP contribution in [0.2, 0.25) is 0 Å². The highest BCUT2D eigenvalue weighted by Crippen LogP contribution is 2.32. The highest BCUT2D eigenvalue weighted by molar-refractivity contribution is 9.10. The summed E-state index contributed by atoms with van der Waals surface area (Å²) in [4.78, 5) is 0. The molecule has 0 bridgehead atoms. The largest absolute Gasteiger partial charge is 0.598 e. The van der Waals surface area contributed by atoms with Crippen molar-refractivity contribution >= 4 is 38.2 Å². The Morgan fingerprint density at radius 2 is 1.92 bits per heavy atom. The summed E-state index contributed by atoms with van der Waals surface area (Å²) in [6.07, 6.45) is 1.89. The smallest absolute Gasteiger partial charge is 0.138 e. The van der Waals surface area contributed by atoms with Gasteiger partial charge < -0.3 is 14.2 Å². The number of hydrogen-bond acceptors (Lipinski definition) is 3. The zero-order valence-electron chi connectivity index (χ0n) is 15.5. The number of rotatable bonds is 5. The van der Waals surface area contributed by atoms with Crippen molar-refractivity contribution in [3.63, 3.8) is 0 Å². The Labute approximate surface area is 160 Å². The van der Waals surface area contributed by atoms with E-state index in [9.17, 15) is 14.0 Å². The lowest BCUT2D eigenvalue weighted by Gasteiger charge is -2.26. The third-order valence-corrected chi connectivity index (χ3v) is 6.11. The molecule has 2 aromatic rings. The van der Waals surface area contributed by atoms with E-state index in [-0.39, 0.29) is 11.9 Å². The van der Waals surface area contributed by atoms with Crippen LogP contribution in [-0.2, 0) is 17.9 Å². The van der Waals surface area contributed by atoms with Crippen molar-refractivity contribution in [3.8, 4) is 0 Å². The van der Waals surface area contributed by atoms with Gasteiger partial charge in [0, 0.05) is 28.5 Å². The highest BCUT2D eigenvalue weighted by Gasteiger charge is 2.30. The molecule has 1 aromatic heterocycles. The number of nitrogens with one attached hydrogen (secondary N) is 1. The molecule has 4 nitrogen and oxygen atoms in total. The molecule has 2 atom stereocenters. The lowest BCUT2D eigenvalue weighted by molar-refractivity contribution is 0.0628. The van der Waals surface area contributed by atoms with E-state index in [1.807, 2.05) is 38.5 Å². The van der Waals surface area contributed by atoms with Crippen LogP contribution < -0.4 is 4.72 Å². The zero-order valence-corrected chi connectivity index (χ0v) is 17.9. The first kappa shape index (κ1) is 20.7. The molecule has 0 amide bonds. The lowest BCUT2D eigenvalue weighted by atomic mass is 10.1. The molecule has 0 aliphatic carbocycles. The Hall–Kier alpha value is -0.600. The van der Waals surface area contributed by atoms with Crippen LogP contribution in [-0.4, -0.2) is 24.6 Å². The summed E-state index contributed by atoms with van der Waals surface area (Å²) in [6, 6.07) is 2.97. The van der Waals surface area contributed by atoms with E-state index in [1.54, 1.807) is 19.9 Å². The maximum atomic E-state index is 14.1. The molecule has 2 rings (SSSR count). The second kappa shape index (κ2) is 7.19. The molecule has 1 heterocycles. The second-order valence-corrected chi connectivity index (χ2v) is 10.9. The van der Waals surface area contributed by atoms with Crippen molar-refractivity contribution in [3.05, 3.63) is 34.2 Å². The third-order valence-electron chi connectivity index (χ3n) is 3.82. The Morgan fingerprint density at radius 1 is 1.32 bits per heavy atom. The Morgan fingerprint density at radius 3 is 2.44 bits per heavy atom. The van der Waals surface area contributed by atoms with E-state index in [2.05, 4.69) is 20.7 Å². The zero-order chi connectivity index (χ0) is 19.2. The third kappa shape index (κ3) is 4.98. The van der Waals surface area contributed by atoms with Gasteiger partial charge in [0.25, 0.3) is 0 Å². The van der Waals surface area contributed by atoms with Gasteiger partial charge in [-0.05, 0) is 75.2 Å². The van der Waals surface area contributed by atoms with Crippen molar-refractivity contribution in [2.24, 2.45) is 0 Å². The SMILES string of the molecule is C[C@@H](N[S+]([O-])C(C)(C)C)c1cn(CC(C)(C)O)c2cc(Br)c(F)cc12. The minimum Gasteiger partial charge on any atom is -0.598 e. The predicted octanol–water partition coefficient (Wildman–Crippen LogP) is 4.43. The first-order chi connectivity index (χ1) is 11.3. The van der Waals surface area contributed by atoms with E-state index in [0.717, 1.165) is 16.5 Å². The van der Waals surface area contributed by atoms with Gasteiger partial charge in [-0.25, -0.2) is 4.39 Å². The molecule has 25 heavy (non-hydrogen) atoms. The molecule has 0 aliphatic rings. The summed E-state index contributed by atoms with van der Waals surface area (Å²) in [7, 11) is 0. The van der Waals surface area contributed by atoms with Gasteiger partial charge in [0.05, 0.1) is 22.7 Å². The first-order valence-corrected chi connectivity index (χ1v) is 10.1. The Kier molecular flexibility index (Phi) is 5.96. The van der Waals surface area contributed by atoms with Crippen LogP contribution in [0.5, 0.6) is 0 Å². The summed E-state index contributed by atoms with van der Waals surface area (Å²) >= 11 is 1.99. The van der Waals surface area contributed by atoms with E-state index in [1.165, 1.54) is 6.07 Å². The fraction of sp³-hybridized carbons (Fsp3) is 0.556.